The van der Waals surface area contributed by atoms with E-state index in [4.69, 9.17) is 0 Å². The van der Waals surface area contributed by atoms with Gasteiger partial charge in [0.2, 0.25) is 0 Å². The molecular formula is C18H27N3. The molecule has 0 spiro atoms. The number of hydrogen-bond acceptors (Lipinski definition) is 2. The van der Waals surface area contributed by atoms with Gasteiger partial charge < -0.3 is 9.88 Å². The maximum Gasteiger partial charge on any atom is 0.0421 e. The summed E-state index contributed by atoms with van der Waals surface area (Å²) in [5, 5.41) is 3.65. The fourth-order valence-corrected chi connectivity index (χ4v) is 2.59. The molecule has 0 radical (unpaired) electrons. The van der Waals surface area contributed by atoms with Crippen molar-refractivity contribution in [2.24, 2.45) is 0 Å². The molecule has 114 valence electrons. The molecule has 0 saturated heterocycles. The van der Waals surface area contributed by atoms with Crippen molar-refractivity contribution in [3.63, 3.8) is 0 Å². The van der Waals surface area contributed by atoms with Crippen LogP contribution in [0.2, 0.25) is 0 Å². The first-order chi connectivity index (χ1) is 10.3. The van der Waals surface area contributed by atoms with Gasteiger partial charge in [0.1, 0.15) is 0 Å². The number of pyridine rings is 1. The van der Waals surface area contributed by atoms with Crippen LogP contribution in [0.15, 0.2) is 42.9 Å². The lowest BCUT2D eigenvalue weighted by molar-refractivity contribution is 0.493. The summed E-state index contributed by atoms with van der Waals surface area (Å²) < 4.78 is 2.28. The summed E-state index contributed by atoms with van der Waals surface area (Å²) in [6, 6.07) is 8.85. The first-order valence-electron chi connectivity index (χ1n) is 8.12. The minimum Gasteiger partial charge on any atom is -0.354 e. The molecular weight excluding hydrogens is 258 g/mol. The van der Waals surface area contributed by atoms with Crippen molar-refractivity contribution in [2.45, 2.75) is 52.1 Å². The van der Waals surface area contributed by atoms with Crippen molar-refractivity contribution in [2.75, 3.05) is 6.54 Å². The Bertz CT molecular complexity index is 504. The van der Waals surface area contributed by atoms with Crippen LogP contribution in [0.1, 0.15) is 50.4 Å². The van der Waals surface area contributed by atoms with Crippen molar-refractivity contribution in [3.05, 3.63) is 54.1 Å². The molecule has 0 aliphatic carbocycles. The van der Waals surface area contributed by atoms with Gasteiger partial charge in [-0.05, 0) is 43.1 Å². The lowest BCUT2D eigenvalue weighted by atomic mass is 10.1. The zero-order chi connectivity index (χ0) is 14.9. The standard InChI is InChI=1S/C18H27N3/c1-3-7-18(20-11-4-2)16-9-13-21(15-16)14-10-17-8-5-6-12-19-17/h5-6,8-9,12-13,15,18,20H,3-4,7,10-11,14H2,1-2H3. The monoisotopic (exact) mass is 285 g/mol. The maximum absolute atomic E-state index is 4.38. The summed E-state index contributed by atoms with van der Waals surface area (Å²) in [4.78, 5) is 4.38. The highest BCUT2D eigenvalue weighted by Gasteiger charge is 2.10. The molecule has 1 unspecified atom stereocenters. The van der Waals surface area contributed by atoms with Crippen molar-refractivity contribution < 1.29 is 0 Å². The van der Waals surface area contributed by atoms with Crippen LogP contribution in [0.4, 0.5) is 0 Å². The van der Waals surface area contributed by atoms with Gasteiger partial charge >= 0.3 is 0 Å². The Morgan fingerprint density at radius 1 is 1.19 bits per heavy atom. The smallest absolute Gasteiger partial charge is 0.0421 e. The van der Waals surface area contributed by atoms with E-state index in [1.54, 1.807) is 0 Å². The van der Waals surface area contributed by atoms with Crippen LogP contribution >= 0.6 is 0 Å². The van der Waals surface area contributed by atoms with E-state index in [1.165, 1.54) is 24.8 Å². The van der Waals surface area contributed by atoms with E-state index in [0.717, 1.165) is 25.2 Å². The molecule has 2 rings (SSSR count). The van der Waals surface area contributed by atoms with Crippen LogP contribution in [-0.2, 0) is 13.0 Å². The fraction of sp³-hybridized carbons (Fsp3) is 0.500. The molecule has 3 nitrogen and oxygen atoms in total. The number of hydrogen-bond donors (Lipinski definition) is 1. The molecule has 21 heavy (non-hydrogen) atoms. The van der Waals surface area contributed by atoms with Crippen molar-refractivity contribution >= 4 is 0 Å². The van der Waals surface area contributed by atoms with E-state index in [2.05, 4.69) is 59.3 Å². The van der Waals surface area contributed by atoms with E-state index in [9.17, 15) is 0 Å². The maximum atomic E-state index is 4.38. The highest BCUT2D eigenvalue weighted by Crippen LogP contribution is 2.19. The van der Waals surface area contributed by atoms with Crippen LogP contribution in [0.5, 0.6) is 0 Å². The van der Waals surface area contributed by atoms with Gasteiger partial charge in [-0.3, -0.25) is 4.98 Å². The fourth-order valence-electron chi connectivity index (χ4n) is 2.59. The minimum absolute atomic E-state index is 0.492. The van der Waals surface area contributed by atoms with Crippen LogP contribution in [0, 0.1) is 0 Å². The third kappa shape index (κ3) is 5.01. The van der Waals surface area contributed by atoms with Crippen molar-refractivity contribution in [1.82, 2.24) is 14.9 Å². The molecule has 2 heterocycles. The van der Waals surface area contributed by atoms with Gasteiger partial charge in [0, 0.05) is 43.3 Å². The van der Waals surface area contributed by atoms with E-state index >= 15 is 0 Å². The van der Waals surface area contributed by atoms with Gasteiger partial charge in [0.15, 0.2) is 0 Å². The molecule has 2 aromatic rings. The highest BCUT2D eigenvalue weighted by atomic mass is 15.0. The number of nitrogens with zero attached hydrogens (tertiary/aromatic N) is 2. The van der Waals surface area contributed by atoms with Crippen LogP contribution < -0.4 is 5.32 Å². The third-order valence-electron chi connectivity index (χ3n) is 3.75. The molecule has 2 aromatic heterocycles. The quantitative estimate of drug-likeness (QED) is 0.755. The zero-order valence-electron chi connectivity index (χ0n) is 13.3. The van der Waals surface area contributed by atoms with Gasteiger partial charge in [-0.2, -0.15) is 0 Å². The average Bonchev–Trinajstić information content (AvgIpc) is 2.99. The highest BCUT2D eigenvalue weighted by molar-refractivity contribution is 5.16. The summed E-state index contributed by atoms with van der Waals surface area (Å²) in [5.74, 6) is 0. The van der Waals surface area contributed by atoms with Crippen molar-refractivity contribution in [1.29, 1.82) is 0 Å². The Hall–Kier alpha value is -1.61. The Labute approximate surface area is 128 Å². The van der Waals surface area contributed by atoms with E-state index < -0.39 is 0 Å². The van der Waals surface area contributed by atoms with Gasteiger partial charge in [-0.15, -0.1) is 0 Å². The van der Waals surface area contributed by atoms with Gasteiger partial charge in [-0.1, -0.05) is 26.3 Å². The van der Waals surface area contributed by atoms with Crippen LogP contribution in [0.3, 0.4) is 0 Å². The average molecular weight is 285 g/mol. The summed E-state index contributed by atoms with van der Waals surface area (Å²) >= 11 is 0. The molecule has 1 atom stereocenters. The van der Waals surface area contributed by atoms with Crippen LogP contribution in [-0.4, -0.2) is 16.1 Å². The second-order valence-electron chi connectivity index (χ2n) is 5.55. The molecule has 0 fully saturated rings. The second-order valence-corrected chi connectivity index (χ2v) is 5.55. The Morgan fingerprint density at radius 2 is 2.10 bits per heavy atom. The second kappa shape index (κ2) is 8.63. The molecule has 0 aromatic carbocycles. The number of aromatic nitrogens is 2. The van der Waals surface area contributed by atoms with Gasteiger partial charge in [-0.25, -0.2) is 0 Å². The number of rotatable bonds is 9. The molecule has 3 heteroatoms. The van der Waals surface area contributed by atoms with Crippen molar-refractivity contribution in [3.8, 4) is 0 Å². The molecule has 1 N–H and O–H groups in total. The Morgan fingerprint density at radius 3 is 2.81 bits per heavy atom. The van der Waals surface area contributed by atoms with Gasteiger partial charge in [0.05, 0.1) is 0 Å². The van der Waals surface area contributed by atoms with E-state index in [-0.39, 0.29) is 0 Å². The van der Waals surface area contributed by atoms with Gasteiger partial charge in [0.25, 0.3) is 0 Å². The first-order valence-corrected chi connectivity index (χ1v) is 8.12. The number of nitrogens with one attached hydrogen (secondary N) is 1. The summed E-state index contributed by atoms with van der Waals surface area (Å²) in [7, 11) is 0. The summed E-state index contributed by atoms with van der Waals surface area (Å²) in [6.07, 6.45) is 10.9. The lowest BCUT2D eigenvalue weighted by Crippen LogP contribution is -2.21. The summed E-state index contributed by atoms with van der Waals surface area (Å²) in [6.45, 7) is 6.54. The predicted molar refractivity (Wildman–Crippen MR) is 88.3 cm³/mol. The molecule has 0 amide bonds. The van der Waals surface area contributed by atoms with E-state index in [1.807, 2.05) is 12.3 Å². The normalized spacial score (nSPS) is 12.5. The first kappa shape index (κ1) is 15.8. The molecule has 0 bridgehead atoms. The van der Waals surface area contributed by atoms with E-state index in [0.29, 0.717) is 6.04 Å². The molecule has 0 aliphatic heterocycles. The topological polar surface area (TPSA) is 29.9 Å². The Kier molecular flexibility index (Phi) is 6.48. The SMILES string of the molecule is CCCNC(CCC)c1ccn(CCc2ccccn2)c1. The minimum atomic E-state index is 0.492. The zero-order valence-corrected chi connectivity index (χ0v) is 13.3. The molecule has 0 aliphatic rings. The number of aryl methyl sites for hydroxylation is 2. The molecule has 0 saturated carbocycles. The third-order valence-corrected chi connectivity index (χ3v) is 3.75. The Balaban J connectivity index is 1.92. The largest absolute Gasteiger partial charge is 0.354 e. The van der Waals surface area contributed by atoms with Crippen LogP contribution in [0.25, 0.3) is 0 Å². The lowest BCUT2D eigenvalue weighted by Gasteiger charge is -2.16. The summed E-state index contributed by atoms with van der Waals surface area (Å²) in [5.41, 5.74) is 2.56. The predicted octanol–water partition coefficient (Wildman–Crippen LogP) is 3.97.